The summed E-state index contributed by atoms with van der Waals surface area (Å²) in [5.41, 5.74) is 0.634. The fourth-order valence-electron chi connectivity index (χ4n) is 3.55. The van der Waals surface area contributed by atoms with Crippen molar-refractivity contribution < 1.29 is 23.9 Å². The molecule has 1 aliphatic carbocycles. The maximum atomic E-state index is 12.3. The monoisotopic (exact) mass is 360 g/mol. The maximum Gasteiger partial charge on any atom is 0.311 e. The Bertz CT molecular complexity index is 684. The lowest BCUT2D eigenvalue weighted by atomic mass is 10.1. The maximum absolute atomic E-state index is 12.3. The molecule has 26 heavy (non-hydrogen) atoms. The van der Waals surface area contributed by atoms with Crippen LogP contribution in [-0.4, -0.2) is 44.1 Å². The predicted molar refractivity (Wildman–Crippen MR) is 94.8 cm³/mol. The van der Waals surface area contributed by atoms with E-state index in [1.165, 1.54) is 12.0 Å². The third kappa shape index (κ3) is 4.15. The minimum atomic E-state index is -0.577. The van der Waals surface area contributed by atoms with Crippen LogP contribution in [0.3, 0.4) is 0 Å². The molecule has 2 fully saturated rings. The molecule has 1 saturated carbocycles. The van der Waals surface area contributed by atoms with Crippen LogP contribution in [0.15, 0.2) is 24.3 Å². The minimum Gasteiger partial charge on any atom is -0.495 e. The summed E-state index contributed by atoms with van der Waals surface area (Å²) >= 11 is 0. The molecule has 2 aliphatic rings. The fraction of sp³-hybridized carbons (Fsp3) is 0.526. The number of esters is 1. The first-order valence-electron chi connectivity index (χ1n) is 8.98. The molecule has 1 aliphatic heterocycles. The quantitative estimate of drug-likeness (QED) is 0.780. The molecule has 0 spiro atoms. The summed E-state index contributed by atoms with van der Waals surface area (Å²) in [6.07, 6.45) is 4.26. The average Bonchev–Trinajstić information content (AvgIpc) is 3.29. The van der Waals surface area contributed by atoms with E-state index < -0.39 is 11.9 Å². The van der Waals surface area contributed by atoms with Gasteiger partial charge in [-0.1, -0.05) is 25.0 Å². The Balaban J connectivity index is 1.52. The molecule has 0 radical (unpaired) electrons. The van der Waals surface area contributed by atoms with Gasteiger partial charge in [0, 0.05) is 19.0 Å². The van der Waals surface area contributed by atoms with Gasteiger partial charge in [-0.15, -0.1) is 0 Å². The Morgan fingerprint density at radius 2 is 1.96 bits per heavy atom. The van der Waals surface area contributed by atoms with Gasteiger partial charge < -0.3 is 19.7 Å². The summed E-state index contributed by atoms with van der Waals surface area (Å²) in [4.78, 5) is 38.0. The van der Waals surface area contributed by atoms with Crippen molar-refractivity contribution in [1.29, 1.82) is 0 Å². The number of hydrogen-bond acceptors (Lipinski definition) is 5. The van der Waals surface area contributed by atoms with Crippen molar-refractivity contribution >= 4 is 23.5 Å². The Labute approximate surface area is 152 Å². The van der Waals surface area contributed by atoms with Crippen molar-refractivity contribution in [3.8, 4) is 5.75 Å². The van der Waals surface area contributed by atoms with Gasteiger partial charge in [-0.25, -0.2) is 0 Å². The zero-order valence-electron chi connectivity index (χ0n) is 14.9. The number of anilines is 1. The summed E-state index contributed by atoms with van der Waals surface area (Å²) in [6.45, 7) is -0.0725. The average molecular weight is 360 g/mol. The number of ether oxygens (including phenoxy) is 2. The van der Waals surface area contributed by atoms with Gasteiger partial charge in [-0.2, -0.15) is 0 Å². The molecule has 140 valence electrons. The summed E-state index contributed by atoms with van der Waals surface area (Å²) in [6, 6.07) is 7.36. The van der Waals surface area contributed by atoms with Crippen LogP contribution in [0.5, 0.6) is 5.75 Å². The fourth-order valence-corrected chi connectivity index (χ4v) is 3.55. The van der Waals surface area contributed by atoms with Crippen molar-refractivity contribution in [2.75, 3.05) is 25.2 Å². The van der Waals surface area contributed by atoms with Crippen LogP contribution in [-0.2, 0) is 19.1 Å². The number of nitrogens with one attached hydrogen (secondary N) is 1. The van der Waals surface area contributed by atoms with Crippen LogP contribution in [0, 0.1) is 5.92 Å². The first kappa shape index (κ1) is 18.2. The second-order valence-electron chi connectivity index (χ2n) is 6.73. The van der Waals surface area contributed by atoms with Gasteiger partial charge in [0.2, 0.25) is 5.91 Å². The van der Waals surface area contributed by atoms with E-state index in [1.807, 2.05) is 12.1 Å². The van der Waals surface area contributed by atoms with Crippen molar-refractivity contribution in [2.45, 2.75) is 38.1 Å². The Morgan fingerprint density at radius 3 is 2.69 bits per heavy atom. The smallest absolute Gasteiger partial charge is 0.311 e. The van der Waals surface area contributed by atoms with Crippen molar-refractivity contribution in [1.82, 2.24) is 5.32 Å². The molecule has 7 nitrogen and oxygen atoms in total. The topological polar surface area (TPSA) is 84.9 Å². The summed E-state index contributed by atoms with van der Waals surface area (Å²) < 4.78 is 10.4. The Hall–Kier alpha value is -2.57. The van der Waals surface area contributed by atoms with Gasteiger partial charge in [0.1, 0.15) is 5.75 Å². The predicted octanol–water partition coefficient (Wildman–Crippen LogP) is 1.65. The molecule has 1 aromatic rings. The lowest BCUT2D eigenvalue weighted by Gasteiger charge is -2.19. The van der Waals surface area contributed by atoms with Crippen LogP contribution in [0.1, 0.15) is 32.1 Å². The first-order chi connectivity index (χ1) is 12.6. The number of hydrogen-bond donors (Lipinski definition) is 1. The van der Waals surface area contributed by atoms with Gasteiger partial charge in [0.05, 0.1) is 18.7 Å². The minimum absolute atomic E-state index is 0.0706. The Morgan fingerprint density at radius 1 is 1.23 bits per heavy atom. The second-order valence-corrected chi connectivity index (χ2v) is 6.73. The van der Waals surface area contributed by atoms with Crippen LogP contribution < -0.4 is 15.0 Å². The first-order valence-corrected chi connectivity index (χ1v) is 8.98. The molecule has 0 unspecified atom stereocenters. The van der Waals surface area contributed by atoms with Crippen molar-refractivity contribution in [3.63, 3.8) is 0 Å². The molecular weight excluding hydrogens is 336 g/mol. The molecule has 1 atom stereocenters. The second kappa shape index (κ2) is 8.21. The van der Waals surface area contributed by atoms with E-state index in [0.717, 1.165) is 25.7 Å². The summed E-state index contributed by atoms with van der Waals surface area (Å²) in [5.74, 6) is -0.960. The highest BCUT2D eigenvalue weighted by Crippen LogP contribution is 2.33. The van der Waals surface area contributed by atoms with Gasteiger partial charge in [-0.3, -0.25) is 14.4 Å². The number of carbonyl (C=O) groups excluding carboxylic acids is 3. The number of nitrogens with zero attached hydrogens (tertiary/aromatic N) is 1. The highest BCUT2D eigenvalue weighted by atomic mass is 16.5. The van der Waals surface area contributed by atoms with Crippen molar-refractivity contribution in [3.05, 3.63) is 24.3 Å². The zero-order valence-corrected chi connectivity index (χ0v) is 14.9. The van der Waals surface area contributed by atoms with E-state index in [1.54, 1.807) is 12.1 Å². The Kier molecular flexibility index (Phi) is 5.75. The summed E-state index contributed by atoms with van der Waals surface area (Å²) in [7, 11) is 1.54. The van der Waals surface area contributed by atoms with E-state index in [2.05, 4.69) is 5.32 Å². The van der Waals surface area contributed by atoms with E-state index in [0.29, 0.717) is 11.4 Å². The molecule has 2 amide bonds. The number of benzene rings is 1. The van der Waals surface area contributed by atoms with E-state index >= 15 is 0 Å². The number of methoxy groups -OCH3 is 1. The van der Waals surface area contributed by atoms with Crippen LogP contribution in [0.2, 0.25) is 0 Å². The number of amides is 2. The van der Waals surface area contributed by atoms with Gasteiger partial charge in [0.25, 0.3) is 5.91 Å². The molecule has 7 heteroatoms. The lowest BCUT2D eigenvalue weighted by molar-refractivity contribution is -0.152. The van der Waals surface area contributed by atoms with Crippen LogP contribution >= 0.6 is 0 Å². The standard InChI is InChI=1S/C19H24N2O5/c1-25-16-9-5-4-8-15(16)21-11-13(10-18(21)23)19(24)26-12-17(22)20-14-6-2-3-7-14/h4-5,8-9,13-14H,2-3,6-7,10-12H2,1H3,(H,20,22)/t13-/m0/s1. The number of rotatable bonds is 6. The molecule has 3 rings (SSSR count). The molecular formula is C19H24N2O5. The SMILES string of the molecule is COc1ccccc1N1C[C@@H](C(=O)OCC(=O)NC2CCCC2)CC1=O. The molecule has 0 bridgehead atoms. The highest BCUT2D eigenvalue weighted by Gasteiger charge is 2.37. The van der Waals surface area contributed by atoms with Crippen LogP contribution in [0.25, 0.3) is 0 Å². The lowest BCUT2D eigenvalue weighted by Crippen LogP contribution is -2.36. The third-order valence-electron chi connectivity index (χ3n) is 4.90. The normalized spacial score (nSPS) is 20.3. The molecule has 0 aromatic heterocycles. The summed E-state index contributed by atoms with van der Waals surface area (Å²) in [5, 5.41) is 2.87. The molecule has 1 N–H and O–H groups in total. The third-order valence-corrected chi connectivity index (χ3v) is 4.90. The molecule has 1 heterocycles. The number of carbonyl (C=O) groups is 3. The number of para-hydroxylation sites is 2. The largest absolute Gasteiger partial charge is 0.495 e. The van der Waals surface area contributed by atoms with Crippen LogP contribution in [0.4, 0.5) is 5.69 Å². The zero-order chi connectivity index (χ0) is 18.5. The van der Waals surface area contributed by atoms with E-state index in [9.17, 15) is 14.4 Å². The van der Waals surface area contributed by atoms with Crippen molar-refractivity contribution in [2.24, 2.45) is 5.92 Å². The molecule has 1 saturated heterocycles. The molecule has 1 aromatic carbocycles. The van der Waals surface area contributed by atoms with Gasteiger partial charge in [-0.05, 0) is 25.0 Å². The highest BCUT2D eigenvalue weighted by molar-refractivity contribution is 6.00. The van der Waals surface area contributed by atoms with Gasteiger partial charge in [0.15, 0.2) is 6.61 Å². The van der Waals surface area contributed by atoms with E-state index in [4.69, 9.17) is 9.47 Å². The van der Waals surface area contributed by atoms with Gasteiger partial charge >= 0.3 is 5.97 Å². The van der Waals surface area contributed by atoms with E-state index in [-0.39, 0.29) is 37.4 Å².